The summed E-state index contributed by atoms with van der Waals surface area (Å²) in [7, 11) is 0. The van der Waals surface area contributed by atoms with Crippen molar-refractivity contribution >= 4 is 5.91 Å². The van der Waals surface area contributed by atoms with Gasteiger partial charge in [-0.1, -0.05) is 12.1 Å². The quantitative estimate of drug-likeness (QED) is 0.846. The standard InChI is InChI=1S/C19H24FN3O2/c1-11(18-12(2)21-22-13(18)3)19(25)23(16-8-9-16)10-17(24)14-4-6-15(20)7-5-14/h4-7,11,16-17,24H,8-10H2,1-3H3,(H,21,22). The van der Waals surface area contributed by atoms with Crippen LogP contribution >= 0.6 is 0 Å². The third-order valence-electron chi connectivity index (χ3n) is 4.88. The highest BCUT2D eigenvalue weighted by Gasteiger charge is 2.37. The first-order chi connectivity index (χ1) is 11.9. The average molecular weight is 345 g/mol. The summed E-state index contributed by atoms with van der Waals surface area (Å²) in [6.07, 6.45) is 1.08. The Morgan fingerprint density at radius 1 is 1.36 bits per heavy atom. The van der Waals surface area contributed by atoms with E-state index in [0.717, 1.165) is 29.8 Å². The fourth-order valence-electron chi connectivity index (χ4n) is 3.35. The highest BCUT2D eigenvalue weighted by molar-refractivity contribution is 5.84. The second-order valence-corrected chi connectivity index (χ2v) is 6.86. The maximum absolute atomic E-state index is 13.1. The minimum absolute atomic E-state index is 0.00346. The van der Waals surface area contributed by atoms with Crippen molar-refractivity contribution in [3.05, 3.63) is 52.6 Å². The van der Waals surface area contributed by atoms with E-state index in [0.29, 0.717) is 5.56 Å². The summed E-state index contributed by atoms with van der Waals surface area (Å²) in [5.74, 6) is -0.665. The van der Waals surface area contributed by atoms with Gasteiger partial charge in [0.25, 0.3) is 0 Å². The van der Waals surface area contributed by atoms with Crippen molar-refractivity contribution in [3.63, 3.8) is 0 Å². The Labute approximate surface area is 146 Å². The molecule has 2 N–H and O–H groups in total. The van der Waals surface area contributed by atoms with E-state index in [1.54, 1.807) is 17.0 Å². The molecule has 0 saturated heterocycles. The van der Waals surface area contributed by atoms with Crippen molar-refractivity contribution in [2.45, 2.75) is 51.7 Å². The summed E-state index contributed by atoms with van der Waals surface area (Å²) in [6.45, 7) is 5.90. The second-order valence-electron chi connectivity index (χ2n) is 6.86. The number of benzene rings is 1. The van der Waals surface area contributed by atoms with Gasteiger partial charge in [-0.25, -0.2) is 4.39 Å². The SMILES string of the molecule is Cc1n[nH]c(C)c1C(C)C(=O)N(CC(O)c1ccc(F)cc1)C1CC1. The first kappa shape index (κ1) is 17.6. The van der Waals surface area contributed by atoms with Crippen LogP contribution in [-0.2, 0) is 4.79 Å². The molecule has 1 amide bonds. The van der Waals surface area contributed by atoms with Gasteiger partial charge in [-0.05, 0) is 51.3 Å². The van der Waals surface area contributed by atoms with Gasteiger partial charge in [0.2, 0.25) is 5.91 Å². The van der Waals surface area contributed by atoms with Crippen molar-refractivity contribution in [1.82, 2.24) is 15.1 Å². The van der Waals surface area contributed by atoms with Crippen LogP contribution in [0.1, 0.15) is 54.3 Å². The van der Waals surface area contributed by atoms with Crippen molar-refractivity contribution in [3.8, 4) is 0 Å². The molecule has 134 valence electrons. The highest BCUT2D eigenvalue weighted by atomic mass is 19.1. The van der Waals surface area contributed by atoms with E-state index in [-0.39, 0.29) is 30.2 Å². The van der Waals surface area contributed by atoms with Gasteiger partial charge in [0.15, 0.2) is 0 Å². The summed E-state index contributed by atoms with van der Waals surface area (Å²) in [4.78, 5) is 14.8. The number of hydrogen-bond acceptors (Lipinski definition) is 3. The Hall–Kier alpha value is -2.21. The van der Waals surface area contributed by atoms with E-state index in [1.165, 1.54) is 12.1 Å². The van der Waals surface area contributed by atoms with Gasteiger partial charge >= 0.3 is 0 Å². The number of aryl methyl sites for hydroxylation is 2. The number of aliphatic hydroxyl groups excluding tert-OH is 1. The van der Waals surface area contributed by atoms with Crippen molar-refractivity contribution < 1.29 is 14.3 Å². The highest BCUT2D eigenvalue weighted by Crippen LogP contribution is 2.33. The molecule has 5 nitrogen and oxygen atoms in total. The number of amides is 1. The fraction of sp³-hybridized carbons (Fsp3) is 0.474. The number of aromatic amines is 1. The molecule has 25 heavy (non-hydrogen) atoms. The summed E-state index contributed by atoms with van der Waals surface area (Å²) < 4.78 is 13.1. The smallest absolute Gasteiger partial charge is 0.230 e. The van der Waals surface area contributed by atoms with Crippen LogP contribution in [0, 0.1) is 19.7 Å². The maximum atomic E-state index is 13.1. The molecule has 0 radical (unpaired) electrons. The zero-order valence-corrected chi connectivity index (χ0v) is 14.8. The third-order valence-corrected chi connectivity index (χ3v) is 4.88. The molecule has 0 aliphatic heterocycles. The minimum Gasteiger partial charge on any atom is -0.387 e. The molecule has 1 aliphatic carbocycles. The molecule has 1 aliphatic rings. The number of halogens is 1. The van der Waals surface area contributed by atoms with Gasteiger partial charge in [-0.15, -0.1) is 0 Å². The van der Waals surface area contributed by atoms with Gasteiger partial charge in [-0.3, -0.25) is 9.89 Å². The topological polar surface area (TPSA) is 69.2 Å². The Kier molecular flexibility index (Phi) is 4.90. The summed E-state index contributed by atoms with van der Waals surface area (Å²) in [5, 5.41) is 17.6. The van der Waals surface area contributed by atoms with Crippen LogP contribution in [0.4, 0.5) is 4.39 Å². The number of hydrogen-bond donors (Lipinski definition) is 2. The molecule has 1 heterocycles. The second kappa shape index (κ2) is 6.96. The largest absolute Gasteiger partial charge is 0.387 e. The zero-order chi connectivity index (χ0) is 18.1. The van der Waals surface area contributed by atoms with E-state index < -0.39 is 6.10 Å². The monoisotopic (exact) mass is 345 g/mol. The predicted octanol–water partition coefficient (Wildman–Crippen LogP) is 2.99. The summed E-state index contributed by atoms with van der Waals surface area (Å²) in [6, 6.07) is 5.94. The van der Waals surface area contributed by atoms with Crippen LogP contribution in [0.3, 0.4) is 0 Å². The number of nitrogens with zero attached hydrogens (tertiary/aromatic N) is 2. The van der Waals surface area contributed by atoms with E-state index in [9.17, 15) is 14.3 Å². The van der Waals surface area contributed by atoms with E-state index in [1.807, 2.05) is 20.8 Å². The van der Waals surface area contributed by atoms with Crippen LogP contribution in [0.15, 0.2) is 24.3 Å². The number of H-pyrrole nitrogens is 1. The molecule has 1 saturated carbocycles. The molecule has 2 aromatic rings. The van der Waals surface area contributed by atoms with Crippen molar-refractivity contribution in [2.24, 2.45) is 0 Å². The molecular weight excluding hydrogens is 321 g/mol. The molecule has 0 spiro atoms. The lowest BCUT2D eigenvalue weighted by atomic mass is 9.97. The number of aliphatic hydroxyl groups is 1. The summed E-state index contributed by atoms with van der Waals surface area (Å²) in [5.41, 5.74) is 3.26. The number of nitrogens with one attached hydrogen (secondary N) is 1. The third kappa shape index (κ3) is 3.74. The normalized spacial score (nSPS) is 16.5. The van der Waals surface area contributed by atoms with E-state index in [2.05, 4.69) is 10.2 Å². The summed E-state index contributed by atoms with van der Waals surface area (Å²) >= 11 is 0. The van der Waals surface area contributed by atoms with Crippen molar-refractivity contribution in [2.75, 3.05) is 6.54 Å². The van der Waals surface area contributed by atoms with E-state index >= 15 is 0 Å². The van der Waals surface area contributed by atoms with Crippen molar-refractivity contribution in [1.29, 1.82) is 0 Å². The zero-order valence-electron chi connectivity index (χ0n) is 14.8. The molecule has 2 atom stereocenters. The minimum atomic E-state index is -0.830. The van der Waals surface area contributed by atoms with Crippen LogP contribution in [0.5, 0.6) is 0 Å². The van der Waals surface area contributed by atoms with Gasteiger partial charge in [0.05, 0.1) is 24.3 Å². The lowest BCUT2D eigenvalue weighted by Gasteiger charge is -2.28. The Morgan fingerprint density at radius 3 is 2.52 bits per heavy atom. The molecule has 3 rings (SSSR count). The van der Waals surface area contributed by atoms with Crippen LogP contribution in [0.25, 0.3) is 0 Å². The molecule has 1 fully saturated rings. The van der Waals surface area contributed by atoms with Gasteiger partial charge < -0.3 is 10.0 Å². The van der Waals surface area contributed by atoms with Crippen LogP contribution < -0.4 is 0 Å². The maximum Gasteiger partial charge on any atom is 0.230 e. The molecule has 6 heteroatoms. The van der Waals surface area contributed by atoms with Gasteiger partial charge in [0.1, 0.15) is 5.82 Å². The number of carbonyl (C=O) groups excluding carboxylic acids is 1. The number of rotatable bonds is 6. The van der Waals surface area contributed by atoms with Gasteiger partial charge in [-0.2, -0.15) is 5.10 Å². The van der Waals surface area contributed by atoms with Crippen LogP contribution in [-0.4, -0.2) is 38.7 Å². The fourth-order valence-corrected chi connectivity index (χ4v) is 3.35. The Morgan fingerprint density at radius 2 is 2.00 bits per heavy atom. The Bertz CT molecular complexity index is 733. The molecule has 1 aromatic heterocycles. The lowest BCUT2D eigenvalue weighted by Crippen LogP contribution is -2.39. The predicted molar refractivity (Wildman–Crippen MR) is 92.6 cm³/mol. The number of aromatic nitrogens is 2. The average Bonchev–Trinajstić information content (AvgIpc) is 3.37. The molecular formula is C19H24FN3O2. The Balaban J connectivity index is 1.76. The molecule has 2 unspecified atom stereocenters. The first-order valence-corrected chi connectivity index (χ1v) is 8.64. The lowest BCUT2D eigenvalue weighted by molar-refractivity contribution is -0.134. The van der Waals surface area contributed by atoms with Crippen LogP contribution in [0.2, 0.25) is 0 Å². The molecule has 1 aromatic carbocycles. The molecule has 0 bridgehead atoms. The van der Waals surface area contributed by atoms with Gasteiger partial charge in [0, 0.05) is 17.3 Å². The van der Waals surface area contributed by atoms with E-state index in [4.69, 9.17) is 0 Å². The number of carbonyl (C=O) groups is 1. The first-order valence-electron chi connectivity index (χ1n) is 8.64.